The summed E-state index contributed by atoms with van der Waals surface area (Å²) < 4.78 is 23.1. The molecule has 404 valence electrons. The van der Waals surface area contributed by atoms with Gasteiger partial charge in [-0.05, 0) is 180 Å². The van der Waals surface area contributed by atoms with Crippen LogP contribution in [0.15, 0.2) is 194 Å². The zero-order valence-corrected chi connectivity index (χ0v) is 46.6. The first-order chi connectivity index (χ1) is 39.0. The predicted octanol–water partition coefficient (Wildman–Crippen LogP) is 18.1. The number of rotatable bonds is 26. The van der Waals surface area contributed by atoms with E-state index in [0.717, 1.165) is 126 Å². The normalized spacial score (nSPS) is 15.6. The number of anilines is 6. The molecule has 0 N–H and O–H groups in total. The molecule has 6 heteroatoms. The van der Waals surface area contributed by atoms with E-state index >= 15 is 0 Å². The predicted molar refractivity (Wildman–Crippen MR) is 325 cm³/mol. The van der Waals surface area contributed by atoms with Crippen molar-refractivity contribution >= 4 is 34.1 Å². The second kappa shape index (κ2) is 23.9. The third-order valence-corrected chi connectivity index (χ3v) is 17.9. The van der Waals surface area contributed by atoms with Gasteiger partial charge in [-0.15, -0.1) is 0 Å². The Morgan fingerprint density at radius 3 is 1.10 bits per heavy atom. The van der Waals surface area contributed by atoms with Crippen molar-refractivity contribution in [2.75, 3.05) is 62.7 Å². The number of ether oxygens (including phenoxy) is 4. The summed E-state index contributed by atoms with van der Waals surface area (Å²) in [7, 11) is 0. The van der Waals surface area contributed by atoms with E-state index in [1.165, 1.54) is 94.2 Å². The molecule has 1 spiro atoms. The summed E-state index contributed by atoms with van der Waals surface area (Å²) in [5, 5.41) is 0. The third-order valence-electron chi connectivity index (χ3n) is 17.9. The maximum absolute atomic E-state index is 6.09. The van der Waals surface area contributed by atoms with E-state index in [0.29, 0.717) is 0 Å². The van der Waals surface area contributed by atoms with Crippen LogP contribution in [0.2, 0.25) is 0 Å². The molecule has 2 saturated heterocycles. The summed E-state index contributed by atoms with van der Waals surface area (Å²) in [5.74, 6) is 0. The van der Waals surface area contributed by atoms with Gasteiger partial charge < -0.3 is 28.7 Å². The van der Waals surface area contributed by atoms with E-state index in [1.54, 1.807) is 0 Å². The zero-order chi connectivity index (χ0) is 53.5. The second-order valence-electron chi connectivity index (χ2n) is 23.1. The fourth-order valence-electron chi connectivity index (χ4n) is 13.0. The Morgan fingerprint density at radius 1 is 0.354 bits per heavy atom. The molecule has 0 unspecified atom stereocenters. The van der Waals surface area contributed by atoms with Crippen LogP contribution >= 0.6 is 0 Å². The summed E-state index contributed by atoms with van der Waals surface area (Å²) in [4.78, 5) is 4.89. The molecule has 8 aromatic carbocycles. The molecule has 2 aliphatic heterocycles. The Balaban J connectivity index is 0.820. The first-order valence-electron chi connectivity index (χ1n) is 29.7. The van der Waals surface area contributed by atoms with Crippen LogP contribution in [-0.4, -0.2) is 52.9 Å². The number of para-hydroxylation sites is 2. The SMILES string of the molecule is CCC1(COCCCCCCc2ccc(N(c3ccccc3)c3ccc4c(c3)C3(c5ccccc5-c5ccccc53)c3cc(N(c5ccccc5)c5ccc(CCCCCCOCC6(CC)COC6)cc5)ccc3-4)cc2)COC1. The molecule has 2 fully saturated rings. The monoisotopic (exact) mass is 1050 g/mol. The Morgan fingerprint density at radius 2 is 0.709 bits per heavy atom. The van der Waals surface area contributed by atoms with Gasteiger partial charge >= 0.3 is 0 Å². The molecule has 79 heavy (non-hydrogen) atoms. The topological polar surface area (TPSA) is 43.4 Å². The second-order valence-corrected chi connectivity index (χ2v) is 23.1. The van der Waals surface area contributed by atoms with E-state index in [9.17, 15) is 0 Å². The van der Waals surface area contributed by atoms with Gasteiger partial charge in [0.05, 0.1) is 45.1 Å². The zero-order valence-electron chi connectivity index (χ0n) is 46.6. The fraction of sp³-hybridized carbons (Fsp3) is 0.342. The van der Waals surface area contributed by atoms with Gasteiger partial charge in [0.25, 0.3) is 0 Å². The van der Waals surface area contributed by atoms with Crippen molar-refractivity contribution in [3.05, 3.63) is 228 Å². The lowest BCUT2D eigenvalue weighted by molar-refractivity contribution is -0.150. The standard InChI is InChI=1S/C73H78N2O4/c1-3-71(51-78-52-71)49-76-45-21-7-5-11-23-55-33-37-59(38-34-55)74(57-25-13-9-14-26-57)61-41-43-65-66-44-42-62(48-70(66)73(69(65)47-61)67-31-19-17-29-63(67)64-30-18-20-32-68(64)73)75(58-27-15-10-16-28-58)60-39-35-56(36-40-60)24-12-6-8-22-46-77-50-72(4-2)53-79-54-72/h9-10,13-20,25-44,47-48H,3-8,11-12,21-24,45-46,49-54H2,1-2H3. The third kappa shape index (κ3) is 10.6. The average Bonchev–Trinajstić information content (AvgIpc) is 3.35. The number of benzene rings is 8. The van der Waals surface area contributed by atoms with Gasteiger partial charge in [0.15, 0.2) is 0 Å². The summed E-state index contributed by atoms with van der Waals surface area (Å²) in [6, 6.07) is 73.3. The smallest absolute Gasteiger partial charge is 0.0727 e. The summed E-state index contributed by atoms with van der Waals surface area (Å²) in [5.41, 5.74) is 20.1. The lowest BCUT2D eigenvalue weighted by Gasteiger charge is -2.40. The Labute approximate surface area is 470 Å². The molecule has 12 rings (SSSR count). The van der Waals surface area contributed by atoms with Crippen LogP contribution in [0.25, 0.3) is 22.3 Å². The van der Waals surface area contributed by atoms with Gasteiger partial charge in [0.2, 0.25) is 0 Å². The van der Waals surface area contributed by atoms with Crippen molar-refractivity contribution < 1.29 is 18.9 Å². The molecule has 0 bridgehead atoms. The number of nitrogens with zero attached hydrogens (tertiary/aromatic N) is 2. The van der Waals surface area contributed by atoms with Gasteiger partial charge in [-0.25, -0.2) is 0 Å². The van der Waals surface area contributed by atoms with Crippen molar-refractivity contribution in [2.45, 2.75) is 96.3 Å². The molecule has 6 nitrogen and oxygen atoms in total. The number of fused-ring (bicyclic) bond motifs is 10. The van der Waals surface area contributed by atoms with E-state index in [2.05, 4.69) is 218 Å². The first-order valence-corrected chi connectivity index (χ1v) is 29.7. The first kappa shape index (κ1) is 52.9. The van der Waals surface area contributed by atoms with Crippen LogP contribution in [0, 0.1) is 10.8 Å². The molecule has 0 radical (unpaired) electrons. The molecular weight excluding hydrogens is 969 g/mol. The van der Waals surface area contributed by atoms with Crippen LogP contribution < -0.4 is 9.80 Å². The van der Waals surface area contributed by atoms with Gasteiger partial charge in [-0.3, -0.25) is 0 Å². The number of hydrogen-bond acceptors (Lipinski definition) is 6. The highest BCUT2D eigenvalue weighted by atomic mass is 16.5. The summed E-state index contributed by atoms with van der Waals surface area (Å²) in [6.07, 6.45) is 13.8. The number of hydrogen-bond donors (Lipinski definition) is 0. The van der Waals surface area contributed by atoms with Gasteiger partial charge in [-0.2, -0.15) is 0 Å². The van der Waals surface area contributed by atoms with Gasteiger partial charge in [0, 0.05) is 58.2 Å². The molecule has 0 amide bonds. The molecular formula is C73H78N2O4. The van der Waals surface area contributed by atoms with Gasteiger partial charge in [0.1, 0.15) is 0 Å². The highest BCUT2D eigenvalue weighted by molar-refractivity contribution is 5.97. The van der Waals surface area contributed by atoms with Gasteiger partial charge in [-0.1, -0.05) is 161 Å². The quantitative estimate of drug-likeness (QED) is 0.0504. The summed E-state index contributed by atoms with van der Waals surface area (Å²) >= 11 is 0. The van der Waals surface area contributed by atoms with Crippen molar-refractivity contribution in [1.29, 1.82) is 0 Å². The highest BCUT2D eigenvalue weighted by Crippen LogP contribution is 2.64. The van der Waals surface area contributed by atoms with Crippen molar-refractivity contribution in [3.8, 4) is 22.3 Å². The van der Waals surface area contributed by atoms with Crippen LogP contribution in [0.5, 0.6) is 0 Å². The maximum Gasteiger partial charge on any atom is 0.0727 e. The van der Waals surface area contributed by atoms with E-state index in [4.69, 9.17) is 18.9 Å². The number of unbranched alkanes of at least 4 members (excludes halogenated alkanes) is 6. The number of aryl methyl sites for hydroxylation is 2. The van der Waals surface area contributed by atoms with Crippen LogP contribution in [0.3, 0.4) is 0 Å². The maximum atomic E-state index is 6.09. The van der Waals surface area contributed by atoms with Crippen molar-refractivity contribution in [3.63, 3.8) is 0 Å². The van der Waals surface area contributed by atoms with Crippen LogP contribution in [0.4, 0.5) is 34.1 Å². The Hall–Kier alpha value is -6.80. The molecule has 2 heterocycles. The Bertz CT molecular complexity index is 3060. The lowest BCUT2D eigenvalue weighted by Crippen LogP contribution is -2.45. The highest BCUT2D eigenvalue weighted by Gasteiger charge is 2.52. The molecule has 0 aromatic heterocycles. The molecule has 0 atom stereocenters. The van der Waals surface area contributed by atoms with Crippen molar-refractivity contribution in [1.82, 2.24) is 0 Å². The van der Waals surface area contributed by atoms with Crippen LogP contribution in [-0.2, 0) is 37.2 Å². The molecule has 0 saturated carbocycles. The van der Waals surface area contributed by atoms with E-state index in [1.807, 2.05) is 0 Å². The van der Waals surface area contributed by atoms with Crippen molar-refractivity contribution in [2.24, 2.45) is 10.8 Å². The van der Waals surface area contributed by atoms with E-state index < -0.39 is 5.41 Å². The minimum Gasteiger partial charge on any atom is -0.381 e. The van der Waals surface area contributed by atoms with Crippen LogP contribution in [0.1, 0.15) is 111 Å². The molecule has 2 aliphatic carbocycles. The average molecular weight is 1050 g/mol. The molecule has 8 aromatic rings. The minimum absolute atomic E-state index is 0.262. The largest absolute Gasteiger partial charge is 0.381 e. The fourth-order valence-corrected chi connectivity index (χ4v) is 13.0. The lowest BCUT2D eigenvalue weighted by atomic mass is 9.70. The summed E-state index contributed by atoms with van der Waals surface area (Å²) in [6.45, 7) is 11.2. The molecule has 4 aliphatic rings. The minimum atomic E-state index is -0.549. The Kier molecular flexibility index (Phi) is 16.0. The van der Waals surface area contributed by atoms with E-state index in [-0.39, 0.29) is 10.8 Å².